The normalized spacial score (nSPS) is 12.8. The highest BCUT2D eigenvalue weighted by atomic mass is 32.1. The van der Waals surface area contributed by atoms with Gasteiger partial charge in [-0.25, -0.2) is 0 Å². The van der Waals surface area contributed by atoms with Gasteiger partial charge < -0.3 is 9.73 Å². The highest BCUT2D eigenvalue weighted by Gasteiger charge is 2.09. The summed E-state index contributed by atoms with van der Waals surface area (Å²) in [5.41, 5.74) is 1.24. The molecule has 0 bridgehead atoms. The summed E-state index contributed by atoms with van der Waals surface area (Å²) in [5, 5.41) is 5.47. The second-order valence-electron chi connectivity index (χ2n) is 3.87. The summed E-state index contributed by atoms with van der Waals surface area (Å²) in [6.45, 7) is 0. The van der Waals surface area contributed by atoms with Crippen molar-refractivity contribution in [3.63, 3.8) is 0 Å². The molecule has 0 aliphatic carbocycles. The van der Waals surface area contributed by atoms with E-state index in [9.17, 15) is 0 Å². The first kappa shape index (κ1) is 11.4. The highest BCUT2D eigenvalue weighted by Crippen LogP contribution is 2.20. The standard InChI is InChI=1S/C13H17NOS/c1-14-13(11-7-8-15-10-11)6-2-4-12-5-3-9-16-12/h3,5,7-10,13-14H,2,4,6H2,1H3. The van der Waals surface area contributed by atoms with Crippen LogP contribution in [0.25, 0.3) is 0 Å². The summed E-state index contributed by atoms with van der Waals surface area (Å²) in [7, 11) is 2.00. The zero-order chi connectivity index (χ0) is 11.2. The van der Waals surface area contributed by atoms with Crippen molar-refractivity contribution in [3.05, 3.63) is 46.5 Å². The lowest BCUT2D eigenvalue weighted by atomic mass is 10.0. The SMILES string of the molecule is CNC(CCCc1cccs1)c1ccoc1. The van der Waals surface area contributed by atoms with Gasteiger partial charge in [-0.3, -0.25) is 0 Å². The minimum Gasteiger partial charge on any atom is -0.472 e. The Balaban J connectivity index is 1.80. The molecule has 0 saturated carbocycles. The zero-order valence-corrected chi connectivity index (χ0v) is 10.3. The predicted molar refractivity (Wildman–Crippen MR) is 67.8 cm³/mol. The molecular formula is C13H17NOS. The fourth-order valence-corrected chi connectivity index (χ4v) is 2.64. The molecule has 0 radical (unpaired) electrons. The van der Waals surface area contributed by atoms with Crippen LogP contribution >= 0.6 is 11.3 Å². The third kappa shape index (κ3) is 2.97. The zero-order valence-electron chi connectivity index (χ0n) is 9.48. The van der Waals surface area contributed by atoms with Crippen LogP contribution in [0.1, 0.15) is 29.3 Å². The van der Waals surface area contributed by atoms with Crippen LogP contribution in [-0.2, 0) is 6.42 Å². The molecule has 1 unspecified atom stereocenters. The van der Waals surface area contributed by atoms with Crippen LogP contribution in [-0.4, -0.2) is 7.05 Å². The number of thiophene rings is 1. The summed E-state index contributed by atoms with van der Waals surface area (Å²) in [6.07, 6.45) is 7.09. The van der Waals surface area contributed by atoms with Gasteiger partial charge in [-0.2, -0.15) is 0 Å². The lowest BCUT2D eigenvalue weighted by Crippen LogP contribution is -2.15. The molecule has 2 aromatic rings. The van der Waals surface area contributed by atoms with Crippen LogP contribution in [0.4, 0.5) is 0 Å². The molecule has 0 aromatic carbocycles. The Morgan fingerprint density at radius 3 is 3.00 bits per heavy atom. The fourth-order valence-electron chi connectivity index (χ4n) is 1.89. The van der Waals surface area contributed by atoms with Crippen LogP contribution in [0.5, 0.6) is 0 Å². The minimum atomic E-state index is 0.415. The van der Waals surface area contributed by atoms with Gasteiger partial charge in [0.2, 0.25) is 0 Å². The van der Waals surface area contributed by atoms with E-state index < -0.39 is 0 Å². The average Bonchev–Trinajstić information content (AvgIpc) is 2.96. The van der Waals surface area contributed by atoms with E-state index in [2.05, 4.69) is 22.8 Å². The molecule has 0 spiro atoms. The van der Waals surface area contributed by atoms with E-state index in [1.54, 1.807) is 6.26 Å². The first-order valence-electron chi connectivity index (χ1n) is 5.62. The van der Waals surface area contributed by atoms with Crippen molar-refractivity contribution in [1.29, 1.82) is 0 Å². The van der Waals surface area contributed by atoms with E-state index in [1.807, 2.05) is 30.7 Å². The van der Waals surface area contributed by atoms with E-state index in [0.717, 1.165) is 6.42 Å². The van der Waals surface area contributed by atoms with Gasteiger partial charge in [-0.15, -0.1) is 11.3 Å². The van der Waals surface area contributed by atoms with Crippen molar-refractivity contribution in [1.82, 2.24) is 5.32 Å². The third-order valence-corrected chi connectivity index (χ3v) is 3.73. The summed E-state index contributed by atoms with van der Waals surface area (Å²) >= 11 is 1.84. The largest absolute Gasteiger partial charge is 0.472 e. The number of furan rings is 1. The molecule has 0 aliphatic rings. The molecule has 1 atom stereocenters. The van der Waals surface area contributed by atoms with Gasteiger partial charge in [0, 0.05) is 16.5 Å². The van der Waals surface area contributed by atoms with Crippen molar-refractivity contribution in [2.75, 3.05) is 7.05 Å². The van der Waals surface area contributed by atoms with Crippen molar-refractivity contribution in [3.8, 4) is 0 Å². The Labute approximate surface area is 100 Å². The van der Waals surface area contributed by atoms with Gasteiger partial charge in [-0.1, -0.05) is 6.07 Å². The molecule has 0 fully saturated rings. The lowest BCUT2D eigenvalue weighted by molar-refractivity contribution is 0.511. The molecule has 0 saturated heterocycles. The van der Waals surface area contributed by atoms with Gasteiger partial charge >= 0.3 is 0 Å². The molecule has 3 heteroatoms. The predicted octanol–water partition coefficient (Wildman–Crippen LogP) is 3.62. The third-order valence-electron chi connectivity index (χ3n) is 2.79. The van der Waals surface area contributed by atoms with E-state index in [-0.39, 0.29) is 0 Å². The summed E-state index contributed by atoms with van der Waals surface area (Å²) in [4.78, 5) is 1.47. The van der Waals surface area contributed by atoms with E-state index in [0.29, 0.717) is 6.04 Å². The Morgan fingerprint density at radius 2 is 2.38 bits per heavy atom. The van der Waals surface area contributed by atoms with Crippen molar-refractivity contribution >= 4 is 11.3 Å². The highest BCUT2D eigenvalue weighted by molar-refractivity contribution is 7.09. The van der Waals surface area contributed by atoms with Gasteiger partial charge in [0.1, 0.15) is 0 Å². The first-order chi connectivity index (χ1) is 7.90. The maximum absolute atomic E-state index is 5.11. The number of rotatable bonds is 6. The van der Waals surface area contributed by atoms with Crippen LogP contribution in [0, 0.1) is 0 Å². The minimum absolute atomic E-state index is 0.415. The maximum Gasteiger partial charge on any atom is 0.0950 e. The molecule has 16 heavy (non-hydrogen) atoms. The van der Waals surface area contributed by atoms with Gasteiger partial charge in [0.15, 0.2) is 0 Å². The molecular weight excluding hydrogens is 218 g/mol. The summed E-state index contributed by atoms with van der Waals surface area (Å²) < 4.78 is 5.11. The van der Waals surface area contributed by atoms with Crippen molar-refractivity contribution in [2.24, 2.45) is 0 Å². The second kappa shape index (κ2) is 5.87. The Hall–Kier alpha value is -1.06. The number of aryl methyl sites for hydroxylation is 1. The van der Waals surface area contributed by atoms with E-state index in [1.165, 1.54) is 23.3 Å². The van der Waals surface area contributed by atoms with Crippen LogP contribution in [0.3, 0.4) is 0 Å². The monoisotopic (exact) mass is 235 g/mol. The van der Waals surface area contributed by atoms with Gasteiger partial charge in [-0.05, 0) is 43.8 Å². The van der Waals surface area contributed by atoms with Crippen LogP contribution in [0.15, 0.2) is 40.5 Å². The van der Waals surface area contributed by atoms with Crippen LogP contribution in [0.2, 0.25) is 0 Å². The molecule has 2 heterocycles. The quantitative estimate of drug-likeness (QED) is 0.827. The average molecular weight is 235 g/mol. The molecule has 1 N–H and O–H groups in total. The Morgan fingerprint density at radius 1 is 1.44 bits per heavy atom. The molecule has 86 valence electrons. The summed E-state index contributed by atoms with van der Waals surface area (Å²) in [6, 6.07) is 6.77. The van der Waals surface area contributed by atoms with E-state index in [4.69, 9.17) is 4.42 Å². The lowest BCUT2D eigenvalue weighted by Gasteiger charge is -2.13. The number of nitrogens with one attached hydrogen (secondary N) is 1. The number of hydrogen-bond donors (Lipinski definition) is 1. The molecule has 2 nitrogen and oxygen atoms in total. The molecule has 2 rings (SSSR count). The van der Waals surface area contributed by atoms with Crippen molar-refractivity contribution < 1.29 is 4.42 Å². The molecule has 0 aliphatic heterocycles. The number of hydrogen-bond acceptors (Lipinski definition) is 3. The molecule has 2 aromatic heterocycles. The summed E-state index contributed by atoms with van der Waals surface area (Å²) in [5.74, 6) is 0. The van der Waals surface area contributed by atoms with Gasteiger partial charge in [0.25, 0.3) is 0 Å². The Kier molecular flexibility index (Phi) is 4.19. The van der Waals surface area contributed by atoms with Crippen LogP contribution < -0.4 is 5.32 Å². The smallest absolute Gasteiger partial charge is 0.0950 e. The Bertz CT molecular complexity index is 380. The second-order valence-corrected chi connectivity index (χ2v) is 4.90. The fraction of sp³-hybridized carbons (Fsp3) is 0.385. The first-order valence-corrected chi connectivity index (χ1v) is 6.50. The van der Waals surface area contributed by atoms with E-state index >= 15 is 0 Å². The van der Waals surface area contributed by atoms with Gasteiger partial charge in [0.05, 0.1) is 12.5 Å². The molecule has 0 amide bonds. The topological polar surface area (TPSA) is 25.2 Å². The maximum atomic E-state index is 5.11. The van der Waals surface area contributed by atoms with Crippen molar-refractivity contribution in [2.45, 2.75) is 25.3 Å².